The molecule has 0 aliphatic rings. The third kappa shape index (κ3) is 2.29. The van der Waals surface area contributed by atoms with Gasteiger partial charge in [0.25, 0.3) is 0 Å². The summed E-state index contributed by atoms with van der Waals surface area (Å²) in [6.07, 6.45) is 0. The normalized spacial score (nSPS) is 10.5. The molecule has 0 aliphatic carbocycles. The van der Waals surface area contributed by atoms with Crippen molar-refractivity contribution in [2.45, 2.75) is 6.92 Å². The zero-order valence-electron chi connectivity index (χ0n) is 7.09. The van der Waals surface area contributed by atoms with Crippen molar-refractivity contribution in [1.82, 2.24) is 0 Å². The molecule has 0 heterocycles. The molecule has 0 bridgehead atoms. The van der Waals surface area contributed by atoms with Crippen molar-refractivity contribution in [3.05, 3.63) is 24.2 Å². The summed E-state index contributed by atoms with van der Waals surface area (Å²) in [7, 11) is 0. The van der Waals surface area contributed by atoms with E-state index in [0.29, 0.717) is 5.69 Å². The first-order valence-electron chi connectivity index (χ1n) is 3.67. The highest BCUT2D eigenvalue weighted by atomic mass is 16.3. The van der Waals surface area contributed by atoms with Crippen LogP contribution in [0.25, 0.3) is 0 Å². The summed E-state index contributed by atoms with van der Waals surface area (Å²) in [5.74, 6) is -0.205. The molecule has 0 aliphatic heterocycles. The third-order valence-electron chi connectivity index (χ3n) is 1.11. The molecule has 1 amide bonds. The Hall–Kier alpha value is -1.51. The molecule has 0 atom stereocenters. The first-order chi connectivity index (χ1) is 5.59. The van der Waals surface area contributed by atoms with Crippen molar-refractivity contribution in [2.75, 3.05) is 5.32 Å². The summed E-state index contributed by atoms with van der Waals surface area (Å²) in [6, 6.07) is 4.28. The number of phenolic OH excluding ortho intramolecular Hbond substituents is 1. The van der Waals surface area contributed by atoms with Crippen molar-refractivity contribution in [3.8, 4) is 5.75 Å². The zero-order chi connectivity index (χ0) is 9.14. The molecule has 1 aromatic rings. The van der Waals surface area contributed by atoms with E-state index < -0.39 is 0 Å². The lowest BCUT2D eigenvalue weighted by Crippen LogP contribution is -2.04. The lowest BCUT2D eigenvalue weighted by molar-refractivity contribution is -0.114. The molecule has 0 fully saturated rings. The molecule has 0 aromatic heterocycles. The molecular weight excluding hydrogens is 142 g/mol. The predicted molar refractivity (Wildman–Crippen MR) is 42.4 cm³/mol. The maximum absolute atomic E-state index is 10.6. The summed E-state index contributed by atoms with van der Waals surface area (Å²) in [5, 5.41) is 11.4. The second-order valence-corrected chi connectivity index (χ2v) is 2.14. The van der Waals surface area contributed by atoms with E-state index in [4.69, 9.17) is 6.48 Å². The van der Waals surface area contributed by atoms with Crippen LogP contribution in [0.15, 0.2) is 24.2 Å². The van der Waals surface area contributed by atoms with Crippen LogP contribution in [-0.4, -0.2) is 11.0 Å². The Balaban J connectivity index is 2.93. The fourth-order valence-corrected chi connectivity index (χ4v) is 0.684. The van der Waals surface area contributed by atoms with Gasteiger partial charge in [-0.1, -0.05) is 0 Å². The molecule has 0 unspecified atom stereocenters. The fourth-order valence-electron chi connectivity index (χ4n) is 0.684. The topological polar surface area (TPSA) is 49.3 Å². The van der Waals surface area contributed by atoms with E-state index in [2.05, 4.69) is 5.32 Å². The monoisotopic (exact) mass is 152 g/mol. The predicted octanol–water partition coefficient (Wildman–Crippen LogP) is 1.35. The Morgan fingerprint density at radius 1 is 1.64 bits per heavy atom. The quantitative estimate of drug-likeness (QED) is 0.597. The van der Waals surface area contributed by atoms with Crippen molar-refractivity contribution < 1.29 is 11.3 Å². The number of anilines is 1. The summed E-state index contributed by atoms with van der Waals surface area (Å²) in [6.45, 7) is 1.37. The molecule has 0 radical (unpaired) electrons. The van der Waals surface area contributed by atoms with Gasteiger partial charge in [0.15, 0.2) is 0 Å². The summed E-state index contributed by atoms with van der Waals surface area (Å²) < 4.78 is 7.33. The van der Waals surface area contributed by atoms with E-state index in [1.165, 1.54) is 25.1 Å². The maximum Gasteiger partial charge on any atom is 0.221 e. The summed E-state index contributed by atoms with van der Waals surface area (Å²) >= 11 is 0. The Morgan fingerprint density at radius 2 is 2.36 bits per heavy atom. The van der Waals surface area contributed by atoms with Crippen LogP contribution in [0.4, 0.5) is 5.69 Å². The molecule has 3 heteroatoms. The van der Waals surface area contributed by atoms with Crippen molar-refractivity contribution in [3.63, 3.8) is 0 Å². The third-order valence-corrected chi connectivity index (χ3v) is 1.11. The fraction of sp³-hybridized carbons (Fsp3) is 0.125. The SMILES string of the molecule is [2H]c1cc(O)ccc1NC(C)=O. The van der Waals surface area contributed by atoms with Crippen LogP contribution in [0.5, 0.6) is 5.75 Å². The highest BCUT2D eigenvalue weighted by Gasteiger charge is 1.93. The second kappa shape index (κ2) is 3.05. The van der Waals surface area contributed by atoms with E-state index in [1.54, 1.807) is 0 Å². The van der Waals surface area contributed by atoms with Gasteiger partial charge < -0.3 is 10.4 Å². The molecule has 1 aromatic carbocycles. The lowest BCUT2D eigenvalue weighted by atomic mass is 10.3. The van der Waals surface area contributed by atoms with Gasteiger partial charge in [0.05, 0.1) is 1.37 Å². The molecular formula is C8H9NO2. The van der Waals surface area contributed by atoms with E-state index >= 15 is 0 Å². The Morgan fingerprint density at radius 3 is 2.91 bits per heavy atom. The Kier molecular flexibility index (Phi) is 1.73. The number of hydrogen-bond donors (Lipinski definition) is 2. The first kappa shape index (κ1) is 6.22. The Bertz CT molecular complexity index is 312. The van der Waals surface area contributed by atoms with Gasteiger partial charge in [0, 0.05) is 12.6 Å². The van der Waals surface area contributed by atoms with Gasteiger partial charge in [-0.3, -0.25) is 4.79 Å². The van der Waals surface area contributed by atoms with Crippen LogP contribution < -0.4 is 5.32 Å². The first-order valence-corrected chi connectivity index (χ1v) is 3.17. The van der Waals surface area contributed by atoms with Crippen molar-refractivity contribution >= 4 is 11.6 Å². The molecule has 58 valence electrons. The van der Waals surface area contributed by atoms with Gasteiger partial charge in [-0.2, -0.15) is 0 Å². The lowest BCUT2D eigenvalue weighted by Gasteiger charge is -1.99. The number of carbonyl (C=O) groups excluding carboxylic acids is 1. The van der Waals surface area contributed by atoms with Gasteiger partial charge in [-0.25, -0.2) is 0 Å². The molecule has 2 N–H and O–H groups in total. The molecule has 0 saturated carbocycles. The average Bonchev–Trinajstić information content (AvgIpc) is 1.94. The van der Waals surface area contributed by atoms with Crippen molar-refractivity contribution in [2.24, 2.45) is 0 Å². The molecule has 3 nitrogen and oxygen atoms in total. The van der Waals surface area contributed by atoms with Crippen LogP contribution in [0.3, 0.4) is 0 Å². The van der Waals surface area contributed by atoms with E-state index in [1.807, 2.05) is 0 Å². The van der Waals surface area contributed by atoms with E-state index in [-0.39, 0.29) is 17.7 Å². The number of benzene rings is 1. The van der Waals surface area contributed by atoms with E-state index in [0.717, 1.165) is 0 Å². The minimum atomic E-state index is -0.228. The largest absolute Gasteiger partial charge is 0.508 e. The van der Waals surface area contributed by atoms with Gasteiger partial charge in [0.2, 0.25) is 5.91 Å². The number of amides is 1. The summed E-state index contributed by atoms with van der Waals surface area (Å²) in [5.41, 5.74) is 0.403. The summed E-state index contributed by atoms with van der Waals surface area (Å²) in [4.78, 5) is 10.6. The number of aromatic hydroxyl groups is 1. The number of carbonyl (C=O) groups is 1. The second-order valence-electron chi connectivity index (χ2n) is 2.14. The smallest absolute Gasteiger partial charge is 0.221 e. The highest BCUT2D eigenvalue weighted by molar-refractivity contribution is 5.88. The minimum absolute atomic E-state index is 0.0223. The van der Waals surface area contributed by atoms with E-state index in [9.17, 15) is 4.79 Å². The van der Waals surface area contributed by atoms with Crippen LogP contribution in [0, 0.1) is 0 Å². The molecule has 11 heavy (non-hydrogen) atoms. The number of phenols is 1. The minimum Gasteiger partial charge on any atom is -0.508 e. The molecule has 0 spiro atoms. The van der Waals surface area contributed by atoms with Gasteiger partial charge in [0.1, 0.15) is 5.75 Å². The number of rotatable bonds is 1. The van der Waals surface area contributed by atoms with Crippen LogP contribution in [-0.2, 0) is 4.79 Å². The van der Waals surface area contributed by atoms with Gasteiger partial charge in [-0.15, -0.1) is 0 Å². The maximum atomic E-state index is 10.6. The number of hydrogen-bond acceptors (Lipinski definition) is 2. The van der Waals surface area contributed by atoms with Crippen LogP contribution in [0.2, 0.25) is 0 Å². The Labute approximate surface area is 66.1 Å². The van der Waals surface area contributed by atoms with Crippen molar-refractivity contribution in [1.29, 1.82) is 0 Å². The highest BCUT2D eigenvalue weighted by Crippen LogP contribution is 2.13. The molecule has 1 rings (SSSR count). The standard InChI is InChI=1S/C8H9NO2/c1-6(10)9-7-2-4-8(11)5-3-7/h2-5,11H,1H3,(H,9,10)/i2D. The zero-order valence-corrected chi connectivity index (χ0v) is 6.09. The average molecular weight is 152 g/mol. The van der Waals surface area contributed by atoms with Crippen LogP contribution in [0.1, 0.15) is 8.29 Å². The number of nitrogens with one attached hydrogen (secondary N) is 1. The van der Waals surface area contributed by atoms with Gasteiger partial charge in [-0.05, 0) is 24.2 Å². The van der Waals surface area contributed by atoms with Crippen LogP contribution >= 0.6 is 0 Å². The molecule has 0 saturated heterocycles. The van der Waals surface area contributed by atoms with Gasteiger partial charge >= 0.3 is 0 Å².